The van der Waals surface area contributed by atoms with Crippen LogP contribution in [-0.4, -0.2) is 17.6 Å². The van der Waals surface area contributed by atoms with E-state index in [1.165, 1.54) is 12.1 Å². The van der Waals surface area contributed by atoms with Gasteiger partial charge < -0.3 is 14.8 Å². The van der Waals surface area contributed by atoms with Crippen LogP contribution in [0.3, 0.4) is 0 Å². The molecule has 2 N–H and O–H groups in total. The predicted molar refractivity (Wildman–Crippen MR) is 83.3 cm³/mol. The Morgan fingerprint density at radius 1 is 1.30 bits per heavy atom. The Balaban J connectivity index is 1.68. The Labute approximate surface area is 134 Å². The van der Waals surface area contributed by atoms with Gasteiger partial charge in [0.2, 0.25) is 5.91 Å². The molecule has 1 fully saturated rings. The monoisotopic (exact) mass is 317 g/mol. The lowest BCUT2D eigenvalue weighted by Crippen LogP contribution is -2.43. The van der Waals surface area contributed by atoms with Gasteiger partial charge in [0.15, 0.2) is 0 Å². The Morgan fingerprint density at radius 3 is 2.48 bits per heavy atom. The third-order valence-corrected chi connectivity index (χ3v) is 4.45. The van der Waals surface area contributed by atoms with Gasteiger partial charge in [0.1, 0.15) is 22.9 Å². The van der Waals surface area contributed by atoms with Crippen molar-refractivity contribution in [3.63, 3.8) is 0 Å². The molecule has 1 saturated carbocycles. The van der Waals surface area contributed by atoms with E-state index in [0.29, 0.717) is 11.5 Å². The molecule has 0 aliphatic heterocycles. The number of furan rings is 1. The average Bonchev–Trinajstić information content (AvgIpc) is 3.21. The molecule has 4 nitrogen and oxygen atoms in total. The quantitative estimate of drug-likeness (QED) is 0.891. The van der Waals surface area contributed by atoms with E-state index < -0.39 is 11.0 Å². The largest absolute Gasteiger partial charge is 0.463 e. The highest BCUT2D eigenvalue weighted by atomic mass is 19.1. The van der Waals surface area contributed by atoms with Crippen molar-refractivity contribution < 1.29 is 18.7 Å². The zero-order valence-corrected chi connectivity index (χ0v) is 13.2. The van der Waals surface area contributed by atoms with Crippen molar-refractivity contribution in [1.29, 1.82) is 0 Å². The number of carbonyl (C=O) groups excluding carboxylic acids is 1. The van der Waals surface area contributed by atoms with Crippen LogP contribution in [0.4, 0.5) is 4.39 Å². The first-order valence-corrected chi connectivity index (χ1v) is 7.67. The zero-order valence-electron chi connectivity index (χ0n) is 13.2. The van der Waals surface area contributed by atoms with Crippen molar-refractivity contribution in [2.45, 2.75) is 37.7 Å². The molecule has 0 saturated heterocycles. The first kappa shape index (κ1) is 15.7. The molecule has 1 aromatic heterocycles. The number of carbonyl (C=O) groups is 1. The van der Waals surface area contributed by atoms with Gasteiger partial charge in [0.25, 0.3) is 0 Å². The zero-order chi connectivity index (χ0) is 16.7. The molecule has 0 radical (unpaired) electrons. The Kier molecular flexibility index (Phi) is 3.76. The number of hydrogen-bond acceptors (Lipinski definition) is 3. The smallest absolute Gasteiger partial charge is 0.230 e. The van der Waals surface area contributed by atoms with Crippen molar-refractivity contribution in [1.82, 2.24) is 5.32 Å². The minimum Gasteiger partial charge on any atom is -0.463 e. The highest BCUT2D eigenvalue weighted by molar-refractivity contribution is 5.91. The number of hydrogen-bond donors (Lipinski definition) is 2. The predicted octanol–water partition coefficient (Wildman–Crippen LogP) is 2.78. The Bertz CT molecular complexity index is 714. The molecular weight excluding hydrogens is 297 g/mol. The maximum absolute atomic E-state index is 13.0. The lowest BCUT2D eigenvalue weighted by molar-refractivity contribution is -0.125. The summed E-state index contributed by atoms with van der Waals surface area (Å²) in [6.45, 7) is 3.45. The average molecular weight is 317 g/mol. The van der Waals surface area contributed by atoms with Crippen molar-refractivity contribution in [2.24, 2.45) is 0 Å². The summed E-state index contributed by atoms with van der Waals surface area (Å²) in [5.74, 6) is 0.659. The van der Waals surface area contributed by atoms with Gasteiger partial charge in [0, 0.05) is 0 Å². The topological polar surface area (TPSA) is 62.5 Å². The molecule has 2 aromatic rings. The number of aryl methyl sites for hydroxylation is 1. The first-order chi connectivity index (χ1) is 10.8. The minimum absolute atomic E-state index is 0.0573. The summed E-state index contributed by atoms with van der Waals surface area (Å²) in [6.07, 6.45) is 1.46. The van der Waals surface area contributed by atoms with E-state index in [1.54, 1.807) is 38.1 Å². The van der Waals surface area contributed by atoms with E-state index in [0.717, 1.165) is 18.4 Å². The molecule has 1 aliphatic rings. The molecule has 5 heteroatoms. The highest BCUT2D eigenvalue weighted by Crippen LogP contribution is 2.48. The van der Waals surface area contributed by atoms with Gasteiger partial charge >= 0.3 is 0 Å². The van der Waals surface area contributed by atoms with E-state index in [-0.39, 0.29) is 18.3 Å². The van der Waals surface area contributed by atoms with Crippen LogP contribution in [-0.2, 0) is 15.8 Å². The van der Waals surface area contributed by atoms with Gasteiger partial charge in [-0.3, -0.25) is 4.79 Å². The summed E-state index contributed by atoms with van der Waals surface area (Å²) in [7, 11) is 0. The van der Waals surface area contributed by atoms with E-state index >= 15 is 0 Å². The summed E-state index contributed by atoms with van der Waals surface area (Å²) in [6, 6.07) is 9.50. The van der Waals surface area contributed by atoms with Crippen LogP contribution >= 0.6 is 0 Å². The fourth-order valence-corrected chi connectivity index (χ4v) is 2.77. The van der Waals surface area contributed by atoms with E-state index in [4.69, 9.17) is 4.42 Å². The molecule has 1 unspecified atom stereocenters. The highest BCUT2D eigenvalue weighted by Gasteiger charge is 2.51. The fourth-order valence-electron chi connectivity index (χ4n) is 2.77. The van der Waals surface area contributed by atoms with E-state index in [9.17, 15) is 14.3 Å². The van der Waals surface area contributed by atoms with Crippen LogP contribution in [0.15, 0.2) is 40.8 Å². The molecule has 0 spiro atoms. The molecule has 1 heterocycles. The lowest BCUT2D eigenvalue weighted by atomic mass is 9.94. The molecule has 3 rings (SSSR count). The third-order valence-electron chi connectivity index (χ3n) is 4.45. The summed E-state index contributed by atoms with van der Waals surface area (Å²) >= 11 is 0. The molecule has 1 atom stereocenters. The van der Waals surface area contributed by atoms with Crippen LogP contribution in [0.5, 0.6) is 0 Å². The number of halogens is 1. The van der Waals surface area contributed by atoms with Gasteiger partial charge in [-0.05, 0) is 56.5 Å². The first-order valence-electron chi connectivity index (χ1n) is 7.67. The summed E-state index contributed by atoms with van der Waals surface area (Å²) in [5, 5.41) is 13.3. The molecule has 0 bridgehead atoms. The normalized spacial score (nSPS) is 18.3. The lowest BCUT2D eigenvalue weighted by Gasteiger charge is -2.23. The fraction of sp³-hybridized carbons (Fsp3) is 0.389. The van der Waals surface area contributed by atoms with E-state index in [2.05, 4.69) is 5.32 Å². The number of rotatable bonds is 5. The van der Waals surface area contributed by atoms with Crippen LogP contribution < -0.4 is 5.32 Å². The van der Waals surface area contributed by atoms with Gasteiger partial charge in [0.05, 0.1) is 12.0 Å². The number of aliphatic hydroxyl groups is 1. The standard InChI is InChI=1S/C18H20FNO3/c1-12-3-8-15(23-12)17(2,22)11-20-16(21)18(9-10-18)13-4-6-14(19)7-5-13/h3-8,22H,9-11H2,1-2H3,(H,20,21). The number of benzene rings is 1. The maximum atomic E-state index is 13.0. The van der Waals surface area contributed by atoms with Crippen molar-refractivity contribution in [3.05, 3.63) is 59.3 Å². The number of amides is 1. The van der Waals surface area contributed by atoms with Crippen LogP contribution in [0.2, 0.25) is 0 Å². The molecule has 1 aromatic carbocycles. The molecule has 122 valence electrons. The third kappa shape index (κ3) is 3.01. The Hall–Kier alpha value is -2.14. The summed E-state index contributed by atoms with van der Waals surface area (Å²) in [4.78, 5) is 12.5. The van der Waals surface area contributed by atoms with Gasteiger partial charge in [-0.1, -0.05) is 12.1 Å². The minimum atomic E-state index is -1.28. The van der Waals surface area contributed by atoms with Gasteiger partial charge in [-0.15, -0.1) is 0 Å². The SMILES string of the molecule is Cc1ccc(C(C)(O)CNC(=O)C2(c3ccc(F)cc3)CC2)o1. The maximum Gasteiger partial charge on any atom is 0.230 e. The second kappa shape index (κ2) is 5.49. The molecule has 23 heavy (non-hydrogen) atoms. The molecular formula is C18H20FNO3. The van der Waals surface area contributed by atoms with E-state index in [1.807, 2.05) is 0 Å². The molecule has 1 aliphatic carbocycles. The Morgan fingerprint density at radius 2 is 1.96 bits per heavy atom. The second-order valence-corrected chi connectivity index (χ2v) is 6.46. The van der Waals surface area contributed by atoms with Crippen molar-refractivity contribution in [3.8, 4) is 0 Å². The van der Waals surface area contributed by atoms with Crippen molar-refractivity contribution >= 4 is 5.91 Å². The van der Waals surface area contributed by atoms with Crippen molar-refractivity contribution in [2.75, 3.05) is 6.54 Å². The number of nitrogens with one attached hydrogen (secondary N) is 1. The summed E-state index contributed by atoms with van der Waals surface area (Å²) in [5.41, 5.74) is -1.06. The summed E-state index contributed by atoms with van der Waals surface area (Å²) < 4.78 is 18.5. The van der Waals surface area contributed by atoms with Gasteiger partial charge in [-0.25, -0.2) is 4.39 Å². The van der Waals surface area contributed by atoms with Crippen LogP contribution in [0, 0.1) is 12.7 Å². The second-order valence-electron chi connectivity index (χ2n) is 6.46. The van der Waals surface area contributed by atoms with Gasteiger partial charge in [-0.2, -0.15) is 0 Å². The van der Waals surface area contributed by atoms with Crippen LogP contribution in [0.1, 0.15) is 36.8 Å². The van der Waals surface area contributed by atoms with Crippen LogP contribution in [0.25, 0.3) is 0 Å². The molecule has 1 amide bonds.